The summed E-state index contributed by atoms with van der Waals surface area (Å²) in [6, 6.07) is 0. The first-order valence-corrected chi connectivity index (χ1v) is 4.16. The lowest BCUT2D eigenvalue weighted by atomic mass is 10.1. The van der Waals surface area contributed by atoms with Gasteiger partial charge < -0.3 is 10.1 Å². The first kappa shape index (κ1) is 13.2. The van der Waals surface area contributed by atoms with E-state index in [4.69, 9.17) is 4.74 Å². The maximum Gasteiger partial charge on any atom is 0.471 e. The van der Waals surface area contributed by atoms with Gasteiger partial charge in [0.05, 0.1) is 6.10 Å². The van der Waals surface area contributed by atoms with Crippen molar-refractivity contribution in [3.8, 4) is 0 Å². The standard InChI is InChI=1S/C8H14F3NO2/c1-5(2)6(14-3)4-12-7(13)8(9,10)11/h5-6H,4H2,1-3H3,(H,12,13). The number of methoxy groups -OCH3 is 1. The molecule has 6 heteroatoms. The van der Waals surface area contributed by atoms with E-state index in [-0.39, 0.29) is 12.5 Å². The second-order valence-electron chi connectivity index (χ2n) is 3.23. The minimum absolute atomic E-state index is 0.0496. The second kappa shape index (κ2) is 5.19. The van der Waals surface area contributed by atoms with E-state index in [1.165, 1.54) is 7.11 Å². The van der Waals surface area contributed by atoms with Crippen molar-refractivity contribution in [3.05, 3.63) is 0 Å². The van der Waals surface area contributed by atoms with Gasteiger partial charge in [0.2, 0.25) is 0 Å². The van der Waals surface area contributed by atoms with Crippen molar-refractivity contribution >= 4 is 5.91 Å². The summed E-state index contributed by atoms with van der Waals surface area (Å²) in [4.78, 5) is 10.4. The maximum absolute atomic E-state index is 11.8. The van der Waals surface area contributed by atoms with Crippen LogP contribution in [0.25, 0.3) is 0 Å². The summed E-state index contributed by atoms with van der Waals surface area (Å²) in [6.45, 7) is 3.47. The zero-order valence-corrected chi connectivity index (χ0v) is 8.31. The number of hydrogen-bond donors (Lipinski definition) is 1. The Morgan fingerprint density at radius 3 is 2.21 bits per heavy atom. The van der Waals surface area contributed by atoms with Crippen molar-refractivity contribution in [1.82, 2.24) is 5.32 Å². The summed E-state index contributed by atoms with van der Waals surface area (Å²) in [5.74, 6) is -1.88. The van der Waals surface area contributed by atoms with Gasteiger partial charge in [-0.25, -0.2) is 0 Å². The normalized spacial score (nSPS) is 14.2. The Kier molecular flexibility index (Phi) is 4.90. The monoisotopic (exact) mass is 213 g/mol. The van der Waals surface area contributed by atoms with E-state index in [0.29, 0.717) is 0 Å². The molecular formula is C8H14F3NO2. The van der Waals surface area contributed by atoms with Crippen molar-refractivity contribution in [3.63, 3.8) is 0 Å². The van der Waals surface area contributed by atoms with Crippen molar-refractivity contribution in [1.29, 1.82) is 0 Å². The van der Waals surface area contributed by atoms with Crippen LogP contribution in [-0.2, 0) is 9.53 Å². The van der Waals surface area contributed by atoms with E-state index in [1.807, 2.05) is 0 Å². The Morgan fingerprint density at radius 1 is 1.43 bits per heavy atom. The molecule has 0 aromatic carbocycles. The van der Waals surface area contributed by atoms with Crippen LogP contribution < -0.4 is 5.32 Å². The highest BCUT2D eigenvalue weighted by atomic mass is 19.4. The van der Waals surface area contributed by atoms with Crippen LogP contribution in [0.4, 0.5) is 13.2 Å². The zero-order valence-electron chi connectivity index (χ0n) is 8.31. The molecule has 0 spiro atoms. The molecule has 0 aliphatic rings. The fourth-order valence-corrected chi connectivity index (χ4v) is 0.885. The Balaban J connectivity index is 3.99. The average Bonchev–Trinajstić information content (AvgIpc) is 2.02. The number of nitrogens with one attached hydrogen (secondary N) is 1. The number of carbonyl (C=O) groups excluding carboxylic acids is 1. The molecular weight excluding hydrogens is 199 g/mol. The van der Waals surface area contributed by atoms with Gasteiger partial charge in [0.25, 0.3) is 0 Å². The molecule has 0 bridgehead atoms. The average molecular weight is 213 g/mol. The lowest BCUT2D eigenvalue weighted by Gasteiger charge is -2.19. The second-order valence-corrected chi connectivity index (χ2v) is 3.23. The van der Waals surface area contributed by atoms with E-state index in [2.05, 4.69) is 0 Å². The quantitative estimate of drug-likeness (QED) is 0.765. The predicted octanol–water partition coefficient (Wildman–Crippen LogP) is 1.34. The van der Waals surface area contributed by atoms with Gasteiger partial charge in [0.15, 0.2) is 0 Å². The number of rotatable bonds is 4. The first-order chi connectivity index (χ1) is 6.29. The number of halogens is 3. The van der Waals surface area contributed by atoms with Crippen LogP contribution in [0.15, 0.2) is 0 Å². The molecule has 1 atom stereocenters. The Morgan fingerprint density at radius 2 is 1.93 bits per heavy atom. The minimum Gasteiger partial charge on any atom is -0.379 e. The van der Waals surface area contributed by atoms with Crippen molar-refractivity contribution in [2.24, 2.45) is 5.92 Å². The van der Waals surface area contributed by atoms with Crippen LogP contribution in [0, 0.1) is 5.92 Å². The third kappa shape index (κ3) is 4.45. The van der Waals surface area contributed by atoms with Crippen LogP contribution in [-0.4, -0.2) is 31.8 Å². The van der Waals surface area contributed by atoms with Crippen LogP contribution in [0.5, 0.6) is 0 Å². The molecule has 0 aromatic rings. The molecule has 0 rings (SSSR count). The highest BCUT2D eigenvalue weighted by Crippen LogP contribution is 2.14. The Hall–Kier alpha value is -0.780. The SMILES string of the molecule is COC(CNC(=O)C(F)(F)F)C(C)C. The summed E-state index contributed by atoms with van der Waals surface area (Å²) in [7, 11) is 1.39. The third-order valence-electron chi connectivity index (χ3n) is 1.77. The summed E-state index contributed by atoms with van der Waals surface area (Å²) in [5, 5.41) is 1.77. The van der Waals surface area contributed by atoms with E-state index in [1.54, 1.807) is 19.2 Å². The van der Waals surface area contributed by atoms with Crippen molar-refractivity contribution < 1.29 is 22.7 Å². The minimum atomic E-state index is -4.82. The van der Waals surface area contributed by atoms with Crippen molar-refractivity contribution in [2.45, 2.75) is 26.1 Å². The van der Waals surface area contributed by atoms with Gasteiger partial charge in [0, 0.05) is 13.7 Å². The van der Waals surface area contributed by atoms with Gasteiger partial charge in [-0.1, -0.05) is 13.8 Å². The van der Waals surface area contributed by atoms with Crippen LogP contribution in [0.2, 0.25) is 0 Å². The molecule has 0 aliphatic carbocycles. The van der Waals surface area contributed by atoms with E-state index < -0.39 is 18.2 Å². The molecule has 0 aliphatic heterocycles. The summed E-state index contributed by atoms with van der Waals surface area (Å²) < 4.78 is 40.1. The fraction of sp³-hybridized carbons (Fsp3) is 0.875. The molecule has 3 nitrogen and oxygen atoms in total. The molecule has 0 aromatic heterocycles. The Bertz CT molecular complexity index is 192. The predicted molar refractivity (Wildman–Crippen MR) is 44.7 cm³/mol. The number of amides is 1. The molecule has 1 N–H and O–H groups in total. The van der Waals surface area contributed by atoms with E-state index >= 15 is 0 Å². The lowest BCUT2D eigenvalue weighted by Crippen LogP contribution is -2.42. The zero-order chi connectivity index (χ0) is 11.4. The largest absolute Gasteiger partial charge is 0.471 e. The molecule has 0 heterocycles. The van der Waals surface area contributed by atoms with Crippen molar-refractivity contribution in [2.75, 3.05) is 13.7 Å². The van der Waals surface area contributed by atoms with E-state index in [0.717, 1.165) is 0 Å². The number of carbonyl (C=O) groups is 1. The Labute approximate surface area is 80.6 Å². The van der Waals surface area contributed by atoms with Gasteiger partial charge in [-0.05, 0) is 5.92 Å². The van der Waals surface area contributed by atoms with Crippen LogP contribution in [0.3, 0.4) is 0 Å². The number of hydrogen-bond acceptors (Lipinski definition) is 2. The molecule has 14 heavy (non-hydrogen) atoms. The highest BCUT2D eigenvalue weighted by Gasteiger charge is 2.38. The van der Waals surface area contributed by atoms with Crippen LogP contribution >= 0.6 is 0 Å². The molecule has 1 amide bonds. The summed E-state index contributed by atoms with van der Waals surface area (Å²) >= 11 is 0. The molecule has 0 saturated carbocycles. The highest BCUT2D eigenvalue weighted by molar-refractivity contribution is 5.81. The van der Waals surface area contributed by atoms with Gasteiger partial charge in [-0.3, -0.25) is 4.79 Å². The molecule has 1 unspecified atom stereocenters. The number of ether oxygens (including phenoxy) is 1. The van der Waals surface area contributed by atoms with E-state index in [9.17, 15) is 18.0 Å². The molecule has 0 saturated heterocycles. The molecule has 84 valence electrons. The lowest BCUT2D eigenvalue weighted by molar-refractivity contribution is -0.174. The first-order valence-electron chi connectivity index (χ1n) is 4.16. The maximum atomic E-state index is 11.8. The van der Waals surface area contributed by atoms with Gasteiger partial charge >= 0.3 is 12.1 Å². The van der Waals surface area contributed by atoms with Gasteiger partial charge in [0.1, 0.15) is 0 Å². The third-order valence-corrected chi connectivity index (χ3v) is 1.77. The van der Waals surface area contributed by atoms with Gasteiger partial charge in [-0.15, -0.1) is 0 Å². The van der Waals surface area contributed by atoms with Gasteiger partial charge in [-0.2, -0.15) is 13.2 Å². The van der Waals surface area contributed by atoms with Crippen LogP contribution in [0.1, 0.15) is 13.8 Å². The summed E-state index contributed by atoms with van der Waals surface area (Å²) in [6.07, 6.45) is -5.23. The number of alkyl halides is 3. The molecule has 0 radical (unpaired) electrons. The molecule has 0 fully saturated rings. The smallest absolute Gasteiger partial charge is 0.379 e. The fourth-order valence-electron chi connectivity index (χ4n) is 0.885. The summed E-state index contributed by atoms with van der Waals surface area (Å²) in [5.41, 5.74) is 0. The topological polar surface area (TPSA) is 38.3 Å².